The molecule has 25 heavy (non-hydrogen) atoms. The standard InChI is InChI=1S/C17H17F3N2O3/c1-22(14(7-8-23)11-5-3-2-4-6-11)16(25)13-9-12(17(18,19)20)10-21-15(13)24/h2-6,9-10,14,23H,7-8H2,1H3,(H,21,24). The van der Waals surface area contributed by atoms with Crippen molar-refractivity contribution in [2.45, 2.75) is 18.6 Å². The predicted molar refractivity (Wildman–Crippen MR) is 85.0 cm³/mol. The molecule has 0 aliphatic carbocycles. The molecule has 0 spiro atoms. The second kappa shape index (κ2) is 7.52. The van der Waals surface area contributed by atoms with Gasteiger partial charge in [0.25, 0.3) is 11.5 Å². The van der Waals surface area contributed by atoms with Gasteiger partial charge in [-0.2, -0.15) is 13.2 Å². The monoisotopic (exact) mass is 354 g/mol. The Bertz CT molecular complexity index is 788. The lowest BCUT2D eigenvalue weighted by Gasteiger charge is -2.28. The van der Waals surface area contributed by atoms with Crippen molar-refractivity contribution in [3.8, 4) is 0 Å². The van der Waals surface area contributed by atoms with E-state index in [1.165, 1.54) is 7.05 Å². The van der Waals surface area contributed by atoms with Crippen molar-refractivity contribution in [2.24, 2.45) is 0 Å². The Balaban J connectivity index is 2.40. The Morgan fingerprint density at radius 1 is 1.28 bits per heavy atom. The van der Waals surface area contributed by atoms with Crippen LogP contribution in [0.2, 0.25) is 0 Å². The lowest BCUT2D eigenvalue weighted by atomic mass is 10.0. The fourth-order valence-electron chi connectivity index (χ4n) is 2.52. The molecule has 5 nitrogen and oxygen atoms in total. The van der Waals surface area contributed by atoms with E-state index in [0.29, 0.717) is 17.8 Å². The third-order valence-corrected chi connectivity index (χ3v) is 3.84. The molecule has 0 aliphatic rings. The molecule has 2 rings (SSSR count). The second-order valence-corrected chi connectivity index (χ2v) is 5.48. The number of aromatic amines is 1. The van der Waals surface area contributed by atoms with Crippen molar-refractivity contribution in [1.29, 1.82) is 0 Å². The summed E-state index contributed by atoms with van der Waals surface area (Å²) in [5.41, 5.74) is -1.91. The summed E-state index contributed by atoms with van der Waals surface area (Å²) in [5.74, 6) is -0.852. The molecule has 1 aromatic heterocycles. The lowest BCUT2D eigenvalue weighted by Crippen LogP contribution is -2.35. The molecule has 1 heterocycles. The molecule has 2 aromatic rings. The fraction of sp³-hybridized carbons (Fsp3) is 0.294. The Hall–Kier alpha value is -2.61. The maximum atomic E-state index is 12.8. The maximum absolute atomic E-state index is 12.8. The first-order valence-corrected chi connectivity index (χ1v) is 7.48. The number of carbonyl (C=O) groups excluding carboxylic acids is 1. The van der Waals surface area contributed by atoms with Gasteiger partial charge >= 0.3 is 6.18 Å². The minimum absolute atomic E-state index is 0.184. The highest BCUT2D eigenvalue weighted by atomic mass is 19.4. The summed E-state index contributed by atoms with van der Waals surface area (Å²) in [6.07, 6.45) is -3.97. The number of amides is 1. The molecule has 1 amide bonds. The molecular formula is C17H17F3N2O3. The Labute approximate surface area is 141 Å². The van der Waals surface area contributed by atoms with Crippen LogP contribution < -0.4 is 5.56 Å². The topological polar surface area (TPSA) is 73.4 Å². The number of hydrogen-bond donors (Lipinski definition) is 2. The molecule has 0 saturated carbocycles. The van der Waals surface area contributed by atoms with E-state index in [-0.39, 0.29) is 13.0 Å². The Kier molecular flexibility index (Phi) is 5.63. The largest absolute Gasteiger partial charge is 0.417 e. The van der Waals surface area contributed by atoms with Crippen LogP contribution in [0.5, 0.6) is 0 Å². The molecule has 0 fully saturated rings. The molecule has 0 radical (unpaired) electrons. The highest BCUT2D eigenvalue weighted by Crippen LogP contribution is 2.29. The van der Waals surface area contributed by atoms with E-state index in [9.17, 15) is 27.9 Å². The number of nitrogens with zero attached hydrogens (tertiary/aromatic N) is 1. The number of halogens is 3. The first kappa shape index (κ1) is 18.7. The number of H-pyrrole nitrogens is 1. The van der Waals surface area contributed by atoms with Gasteiger partial charge in [0, 0.05) is 19.9 Å². The SMILES string of the molecule is CN(C(=O)c1cc(C(F)(F)F)c[nH]c1=O)C(CCO)c1ccccc1. The van der Waals surface area contributed by atoms with E-state index in [0.717, 1.165) is 4.90 Å². The van der Waals surface area contributed by atoms with Crippen LogP contribution in [0.4, 0.5) is 13.2 Å². The van der Waals surface area contributed by atoms with Gasteiger partial charge in [0.1, 0.15) is 5.56 Å². The predicted octanol–water partition coefficient (Wildman–Crippen LogP) is 2.59. The minimum Gasteiger partial charge on any atom is -0.396 e. The zero-order valence-corrected chi connectivity index (χ0v) is 13.4. The summed E-state index contributed by atoms with van der Waals surface area (Å²) < 4.78 is 38.5. The van der Waals surface area contributed by atoms with Gasteiger partial charge in [0.15, 0.2) is 0 Å². The highest BCUT2D eigenvalue weighted by Gasteiger charge is 2.33. The number of alkyl halides is 3. The summed E-state index contributed by atoms with van der Waals surface area (Å²) in [6.45, 7) is -0.226. The molecule has 0 bridgehead atoms. The van der Waals surface area contributed by atoms with Crippen LogP contribution >= 0.6 is 0 Å². The summed E-state index contributed by atoms with van der Waals surface area (Å²) in [5, 5.41) is 9.25. The molecular weight excluding hydrogens is 337 g/mol. The average molecular weight is 354 g/mol. The van der Waals surface area contributed by atoms with Gasteiger partial charge < -0.3 is 15.0 Å². The van der Waals surface area contributed by atoms with Gasteiger partial charge in [-0.3, -0.25) is 9.59 Å². The van der Waals surface area contributed by atoms with E-state index in [1.807, 2.05) is 4.98 Å². The molecule has 1 atom stereocenters. The van der Waals surface area contributed by atoms with E-state index < -0.39 is 34.8 Å². The van der Waals surface area contributed by atoms with Crippen LogP contribution in [0, 0.1) is 0 Å². The van der Waals surface area contributed by atoms with Gasteiger partial charge in [-0.1, -0.05) is 30.3 Å². The highest BCUT2D eigenvalue weighted by molar-refractivity contribution is 5.94. The smallest absolute Gasteiger partial charge is 0.396 e. The van der Waals surface area contributed by atoms with Crippen molar-refractivity contribution in [3.05, 3.63) is 69.6 Å². The minimum atomic E-state index is -4.68. The fourth-order valence-corrected chi connectivity index (χ4v) is 2.52. The summed E-state index contributed by atoms with van der Waals surface area (Å²) in [7, 11) is 1.38. The number of aromatic nitrogens is 1. The normalized spacial score (nSPS) is 12.7. The first-order valence-electron chi connectivity index (χ1n) is 7.48. The van der Waals surface area contributed by atoms with Gasteiger partial charge in [-0.05, 0) is 18.1 Å². The van der Waals surface area contributed by atoms with Crippen LogP contribution in [-0.2, 0) is 6.18 Å². The lowest BCUT2D eigenvalue weighted by molar-refractivity contribution is -0.137. The molecule has 0 aliphatic heterocycles. The summed E-state index contributed by atoms with van der Waals surface area (Å²) >= 11 is 0. The molecule has 1 unspecified atom stereocenters. The van der Waals surface area contributed by atoms with Crippen LogP contribution in [0.1, 0.15) is 33.9 Å². The number of hydrogen-bond acceptors (Lipinski definition) is 3. The maximum Gasteiger partial charge on any atom is 0.417 e. The van der Waals surface area contributed by atoms with Crippen molar-refractivity contribution >= 4 is 5.91 Å². The van der Waals surface area contributed by atoms with Crippen molar-refractivity contribution < 1.29 is 23.1 Å². The molecule has 8 heteroatoms. The van der Waals surface area contributed by atoms with E-state index >= 15 is 0 Å². The number of rotatable bonds is 5. The number of benzene rings is 1. The quantitative estimate of drug-likeness (QED) is 0.867. The van der Waals surface area contributed by atoms with Crippen LogP contribution in [0.25, 0.3) is 0 Å². The van der Waals surface area contributed by atoms with Crippen molar-refractivity contribution in [1.82, 2.24) is 9.88 Å². The zero-order valence-electron chi connectivity index (χ0n) is 13.4. The molecule has 1 aromatic carbocycles. The van der Waals surface area contributed by atoms with E-state index in [1.54, 1.807) is 30.3 Å². The second-order valence-electron chi connectivity index (χ2n) is 5.48. The molecule has 2 N–H and O–H groups in total. The van der Waals surface area contributed by atoms with Crippen LogP contribution in [-0.4, -0.2) is 34.6 Å². The van der Waals surface area contributed by atoms with Gasteiger partial charge in [-0.15, -0.1) is 0 Å². The molecule has 134 valence electrons. The number of nitrogens with one attached hydrogen (secondary N) is 1. The van der Waals surface area contributed by atoms with E-state index in [4.69, 9.17) is 0 Å². The Morgan fingerprint density at radius 2 is 1.92 bits per heavy atom. The van der Waals surface area contributed by atoms with Crippen LogP contribution in [0.15, 0.2) is 47.4 Å². The van der Waals surface area contributed by atoms with Crippen LogP contribution in [0.3, 0.4) is 0 Å². The summed E-state index contributed by atoms with van der Waals surface area (Å²) in [6, 6.07) is 8.70. The van der Waals surface area contributed by atoms with Gasteiger partial charge in [-0.25, -0.2) is 0 Å². The number of pyridine rings is 1. The Morgan fingerprint density at radius 3 is 2.48 bits per heavy atom. The number of carbonyl (C=O) groups is 1. The number of aliphatic hydroxyl groups excluding tert-OH is 1. The number of aliphatic hydroxyl groups is 1. The molecule has 0 saturated heterocycles. The summed E-state index contributed by atoms with van der Waals surface area (Å²) in [4.78, 5) is 27.5. The van der Waals surface area contributed by atoms with Crippen molar-refractivity contribution in [3.63, 3.8) is 0 Å². The van der Waals surface area contributed by atoms with Gasteiger partial charge in [0.2, 0.25) is 0 Å². The first-order chi connectivity index (χ1) is 11.8. The average Bonchev–Trinajstić information content (AvgIpc) is 2.58. The third-order valence-electron chi connectivity index (χ3n) is 3.84. The van der Waals surface area contributed by atoms with Gasteiger partial charge in [0.05, 0.1) is 11.6 Å². The zero-order chi connectivity index (χ0) is 18.6. The van der Waals surface area contributed by atoms with E-state index in [2.05, 4.69) is 0 Å². The van der Waals surface area contributed by atoms with Crippen molar-refractivity contribution in [2.75, 3.05) is 13.7 Å². The third kappa shape index (κ3) is 4.27.